The van der Waals surface area contributed by atoms with Gasteiger partial charge in [0.25, 0.3) is 5.91 Å². The molecule has 1 heterocycles. The van der Waals surface area contributed by atoms with E-state index in [9.17, 15) is 4.79 Å². The number of amides is 1. The van der Waals surface area contributed by atoms with Crippen LogP contribution in [-0.4, -0.2) is 18.2 Å². The largest absolute Gasteiger partial charge is 0.493 e. The van der Waals surface area contributed by atoms with Crippen LogP contribution in [0.1, 0.15) is 27.8 Å². The summed E-state index contributed by atoms with van der Waals surface area (Å²) < 4.78 is 12.6. The second kappa shape index (κ2) is 10.5. The van der Waals surface area contributed by atoms with Crippen molar-refractivity contribution in [1.29, 1.82) is 0 Å². The first kappa shape index (κ1) is 24.1. The number of amidine groups is 1. The monoisotopic (exact) mass is 536 g/mol. The van der Waals surface area contributed by atoms with E-state index in [0.29, 0.717) is 28.2 Å². The standard InChI is InChI=1S/C27H25BrN2O3S/c1-16-6-5-7-20(10-16)15-33-22-9-8-19(13-23(22)32-4)14-24-26(31)30-27(34-24)29-21-11-17(2)25(28)18(3)12-21/h5-14H,15H2,1-4H3,(H,29,30,31)/b24-14-. The lowest BCUT2D eigenvalue weighted by atomic mass is 10.1. The van der Waals surface area contributed by atoms with Crippen LogP contribution < -0.4 is 14.8 Å². The smallest absolute Gasteiger partial charge is 0.264 e. The van der Waals surface area contributed by atoms with Gasteiger partial charge in [-0.2, -0.15) is 0 Å². The third-order valence-corrected chi connectivity index (χ3v) is 7.43. The highest BCUT2D eigenvalue weighted by atomic mass is 79.9. The Hall–Kier alpha value is -3.03. The number of thioether (sulfide) groups is 1. The Kier molecular flexibility index (Phi) is 7.44. The fraction of sp³-hybridized carbons (Fsp3) is 0.185. The molecule has 3 aromatic carbocycles. The van der Waals surface area contributed by atoms with Gasteiger partial charge in [0.2, 0.25) is 0 Å². The van der Waals surface area contributed by atoms with Crippen molar-refractivity contribution in [3.05, 3.63) is 91.8 Å². The van der Waals surface area contributed by atoms with Crippen molar-refractivity contribution in [2.75, 3.05) is 7.11 Å². The Morgan fingerprint density at radius 3 is 2.50 bits per heavy atom. The van der Waals surface area contributed by atoms with E-state index in [1.54, 1.807) is 7.11 Å². The molecular formula is C27H25BrN2O3S. The van der Waals surface area contributed by atoms with Gasteiger partial charge in [-0.25, -0.2) is 4.99 Å². The maximum atomic E-state index is 12.5. The molecule has 3 aromatic rings. The first-order valence-electron chi connectivity index (χ1n) is 10.7. The van der Waals surface area contributed by atoms with Crippen molar-refractivity contribution in [2.24, 2.45) is 4.99 Å². The predicted molar refractivity (Wildman–Crippen MR) is 143 cm³/mol. The average Bonchev–Trinajstić information content (AvgIpc) is 3.14. The summed E-state index contributed by atoms with van der Waals surface area (Å²) in [5.74, 6) is 1.09. The topological polar surface area (TPSA) is 59.9 Å². The third kappa shape index (κ3) is 5.72. The van der Waals surface area contributed by atoms with E-state index in [4.69, 9.17) is 9.47 Å². The molecule has 0 saturated carbocycles. The van der Waals surface area contributed by atoms with Gasteiger partial charge in [-0.15, -0.1) is 0 Å². The molecule has 1 fully saturated rings. The Morgan fingerprint density at radius 2 is 1.79 bits per heavy atom. The molecule has 0 bridgehead atoms. The highest BCUT2D eigenvalue weighted by molar-refractivity contribution is 9.10. The molecule has 0 radical (unpaired) electrons. The molecule has 1 saturated heterocycles. The summed E-state index contributed by atoms with van der Waals surface area (Å²) in [7, 11) is 1.61. The summed E-state index contributed by atoms with van der Waals surface area (Å²) in [4.78, 5) is 17.7. The lowest BCUT2D eigenvalue weighted by molar-refractivity contribution is -0.115. The first-order valence-corrected chi connectivity index (χ1v) is 12.4. The van der Waals surface area contributed by atoms with Crippen LogP contribution in [-0.2, 0) is 11.4 Å². The maximum Gasteiger partial charge on any atom is 0.264 e. The van der Waals surface area contributed by atoms with Gasteiger partial charge >= 0.3 is 0 Å². The minimum absolute atomic E-state index is 0.173. The lowest BCUT2D eigenvalue weighted by Gasteiger charge is -2.12. The normalized spacial score (nSPS) is 15.6. The van der Waals surface area contributed by atoms with E-state index >= 15 is 0 Å². The predicted octanol–water partition coefficient (Wildman–Crippen LogP) is 6.85. The van der Waals surface area contributed by atoms with E-state index in [1.165, 1.54) is 17.3 Å². The average molecular weight is 537 g/mol. The van der Waals surface area contributed by atoms with Crippen LogP contribution >= 0.6 is 27.7 Å². The molecule has 0 aliphatic carbocycles. The number of carbonyl (C=O) groups excluding carboxylic acids is 1. The highest BCUT2D eigenvalue weighted by Gasteiger charge is 2.24. The molecule has 1 amide bonds. The van der Waals surface area contributed by atoms with Crippen LogP contribution in [0.15, 0.2) is 69.0 Å². The van der Waals surface area contributed by atoms with Crippen LogP contribution in [0.2, 0.25) is 0 Å². The second-order valence-electron chi connectivity index (χ2n) is 8.06. The molecule has 1 aliphatic rings. The number of halogens is 1. The third-order valence-electron chi connectivity index (χ3n) is 5.27. The van der Waals surface area contributed by atoms with Crippen molar-refractivity contribution in [3.8, 4) is 11.5 Å². The summed E-state index contributed by atoms with van der Waals surface area (Å²) in [5.41, 5.74) is 6.13. The Labute approximate surface area is 212 Å². The lowest BCUT2D eigenvalue weighted by Crippen LogP contribution is -2.19. The fourth-order valence-corrected chi connectivity index (χ4v) is 4.66. The molecule has 7 heteroatoms. The van der Waals surface area contributed by atoms with Gasteiger partial charge in [-0.3, -0.25) is 4.79 Å². The van der Waals surface area contributed by atoms with Crippen molar-refractivity contribution in [1.82, 2.24) is 5.32 Å². The number of hydrogen-bond donors (Lipinski definition) is 1. The van der Waals surface area contributed by atoms with Gasteiger partial charge in [-0.05, 0) is 85.1 Å². The van der Waals surface area contributed by atoms with Crippen molar-refractivity contribution in [2.45, 2.75) is 27.4 Å². The van der Waals surface area contributed by atoms with Crippen LogP contribution in [0.25, 0.3) is 6.08 Å². The fourth-order valence-electron chi connectivity index (χ4n) is 3.59. The number of nitrogens with zero attached hydrogens (tertiary/aromatic N) is 1. The van der Waals surface area contributed by atoms with Gasteiger partial charge in [0.15, 0.2) is 16.7 Å². The maximum absolute atomic E-state index is 12.5. The number of ether oxygens (including phenoxy) is 2. The zero-order valence-corrected chi connectivity index (χ0v) is 21.8. The summed E-state index contributed by atoms with van der Waals surface area (Å²) in [6, 6.07) is 17.8. The summed E-state index contributed by atoms with van der Waals surface area (Å²) in [6.07, 6.45) is 1.83. The van der Waals surface area contributed by atoms with Crippen LogP contribution in [0.5, 0.6) is 11.5 Å². The molecule has 4 rings (SSSR count). The van der Waals surface area contributed by atoms with Gasteiger partial charge in [-0.1, -0.05) is 51.8 Å². The number of carbonyl (C=O) groups is 1. The molecule has 34 heavy (non-hydrogen) atoms. The molecule has 174 valence electrons. The summed E-state index contributed by atoms with van der Waals surface area (Å²) in [5, 5.41) is 3.41. The number of nitrogens with one attached hydrogen (secondary N) is 1. The Morgan fingerprint density at radius 1 is 1.03 bits per heavy atom. The molecule has 0 unspecified atom stereocenters. The van der Waals surface area contributed by atoms with E-state index < -0.39 is 0 Å². The van der Waals surface area contributed by atoms with Crippen molar-refractivity contribution in [3.63, 3.8) is 0 Å². The minimum atomic E-state index is -0.173. The molecule has 0 aromatic heterocycles. The van der Waals surface area contributed by atoms with Crippen LogP contribution in [0.3, 0.4) is 0 Å². The number of aliphatic imine (C=N–C) groups is 1. The van der Waals surface area contributed by atoms with Gasteiger partial charge in [0, 0.05) is 4.47 Å². The number of methoxy groups -OCH3 is 1. The molecule has 1 N–H and O–H groups in total. The quantitative estimate of drug-likeness (QED) is 0.350. The highest BCUT2D eigenvalue weighted by Crippen LogP contribution is 2.33. The summed E-state index contributed by atoms with van der Waals surface area (Å²) in [6.45, 7) is 6.55. The molecular weight excluding hydrogens is 512 g/mol. The number of aryl methyl sites for hydroxylation is 3. The van der Waals surface area contributed by atoms with E-state index in [0.717, 1.165) is 32.4 Å². The van der Waals surface area contributed by atoms with E-state index in [1.807, 2.05) is 62.4 Å². The minimum Gasteiger partial charge on any atom is -0.493 e. The van der Waals surface area contributed by atoms with Crippen molar-refractivity contribution < 1.29 is 14.3 Å². The Bertz CT molecular complexity index is 1290. The zero-order valence-electron chi connectivity index (χ0n) is 19.4. The number of benzene rings is 3. The van der Waals surface area contributed by atoms with Crippen LogP contribution in [0.4, 0.5) is 5.69 Å². The van der Waals surface area contributed by atoms with Crippen LogP contribution in [0, 0.1) is 20.8 Å². The number of hydrogen-bond acceptors (Lipinski definition) is 5. The first-order chi connectivity index (χ1) is 16.3. The Balaban J connectivity index is 1.50. The molecule has 1 aliphatic heterocycles. The second-order valence-corrected chi connectivity index (χ2v) is 9.89. The van der Waals surface area contributed by atoms with E-state index in [2.05, 4.69) is 45.3 Å². The van der Waals surface area contributed by atoms with Gasteiger partial charge < -0.3 is 14.8 Å². The van der Waals surface area contributed by atoms with Crippen molar-refractivity contribution >= 4 is 50.5 Å². The van der Waals surface area contributed by atoms with Gasteiger partial charge in [0.05, 0.1) is 17.7 Å². The van der Waals surface area contributed by atoms with Gasteiger partial charge in [0.1, 0.15) is 6.61 Å². The summed E-state index contributed by atoms with van der Waals surface area (Å²) >= 11 is 4.89. The number of rotatable bonds is 6. The molecule has 0 spiro atoms. The molecule has 5 nitrogen and oxygen atoms in total. The molecule has 0 atom stereocenters. The SMILES string of the molecule is COc1cc(/C=C2\SC(=Nc3cc(C)c(Br)c(C)c3)NC2=O)ccc1OCc1cccc(C)c1. The zero-order chi connectivity index (χ0) is 24.2. The van der Waals surface area contributed by atoms with E-state index in [-0.39, 0.29) is 5.91 Å².